The topological polar surface area (TPSA) is 64.4 Å². The number of nitrogens with zero attached hydrogens (tertiary/aromatic N) is 2. The fourth-order valence-corrected chi connectivity index (χ4v) is 1.67. The van der Waals surface area contributed by atoms with Gasteiger partial charge in [-0.1, -0.05) is 11.8 Å². The summed E-state index contributed by atoms with van der Waals surface area (Å²) in [6, 6.07) is 9.08. The van der Waals surface area contributed by atoms with Crippen LogP contribution in [0.5, 0.6) is 5.75 Å². The highest BCUT2D eigenvalue weighted by atomic mass is 16.5. The van der Waals surface area contributed by atoms with Crippen LogP contribution in [0.1, 0.15) is 12.0 Å². The van der Waals surface area contributed by atoms with Gasteiger partial charge >= 0.3 is 5.69 Å². The molecule has 1 N–H and O–H groups in total. The Morgan fingerprint density at radius 3 is 2.81 bits per heavy atom. The average molecular weight is 284 g/mol. The Hall–Kier alpha value is -2.58. The summed E-state index contributed by atoms with van der Waals surface area (Å²) in [5, 5.41) is 8.65. The lowest BCUT2D eigenvalue weighted by atomic mass is 10.2. The maximum atomic E-state index is 11.4. The van der Waals surface area contributed by atoms with E-state index in [1.54, 1.807) is 12.3 Å². The molecule has 1 aromatic heterocycles. The molecule has 0 aliphatic rings. The lowest BCUT2D eigenvalue weighted by Crippen LogP contribution is -2.24. The lowest BCUT2D eigenvalue weighted by Gasteiger charge is -2.07. The molecule has 0 atom stereocenters. The molecule has 1 aromatic carbocycles. The second kappa shape index (κ2) is 7.88. The third kappa shape index (κ3) is 4.79. The van der Waals surface area contributed by atoms with Crippen molar-refractivity contribution in [1.29, 1.82) is 0 Å². The smallest absolute Gasteiger partial charge is 0.347 e. The summed E-state index contributed by atoms with van der Waals surface area (Å²) in [5.74, 6) is 6.52. The molecule has 0 spiro atoms. The fourth-order valence-electron chi connectivity index (χ4n) is 1.67. The first-order valence-electron chi connectivity index (χ1n) is 6.63. The van der Waals surface area contributed by atoms with Crippen molar-refractivity contribution in [3.63, 3.8) is 0 Å². The average Bonchev–Trinajstić information content (AvgIpc) is 2.51. The van der Waals surface area contributed by atoms with Crippen molar-refractivity contribution in [3.8, 4) is 17.6 Å². The highest BCUT2D eigenvalue weighted by Crippen LogP contribution is 2.11. The molecule has 0 amide bonds. The lowest BCUT2D eigenvalue weighted by molar-refractivity contribution is 0.295. The largest absolute Gasteiger partial charge is 0.492 e. The summed E-state index contributed by atoms with van der Waals surface area (Å²) in [6.45, 7) is 0.910. The zero-order chi connectivity index (χ0) is 14.9. The van der Waals surface area contributed by atoms with Gasteiger partial charge in [0.15, 0.2) is 0 Å². The highest BCUT2D eigenvalue weighted by molar-refractivity contribution is 5.38. The van der Waals surface area contributed by atoms with Crippen molar-refractivity contribution in [3.05, 3.63) is 58.8 Å². The predicted octanol–water partition coefficient (Wildman–Crippen LogP) is 1.06. The predicted molar refractivity (Wildman–Crippen MR) is 79.0 cm³/mol. The molecule has 0 unspecified atom stereocenters. The van der Waals surface area contributed by atoms with Gasteiger partial charge in [-0.15, -0.1) is 0 Å². The van der Waals surface area contributed by atoms with Gasteiger partial charge < -0.3 is 9.84 Å². The van der Waals surface area contributed by atoms with E-state index in [0.29, 0.717) is 19.6 Å². The van der Waals surface area contributed by atoms with Crippen LogP contribution in [-0.2, 0) is 6.54 Å². The van der Waals surface area contributed by atoms with Gasteiger partial charge in [0.2, 0.25) is 0 Å². The van der Waals surface area contributed by atoms with Gasteiger partial charge in [0, 0.05) is 24.4 Å². The molecule has 0 saturated carbocycles. The molecule has 108 valence electrons. The van der Waals surface area contributed by atoms with Gasteiger partial charge in [-0.25, -0.2) is 9.78 Å². The van der Waals surface area contributed by atoms with E-state index in [-0.39, 0.29) is 12.3 Å². The van der Waals surface area contributed by atoms with E-state index in [2.05, 4.69) is 16.8 Å². The van der Waals surface area contributed by atoms with Crippen molar-refractivity contribution < 1.29 is 9.84 Å². The Morgan fingerprint density at radius 2 is 2.10 bits per heavy atom. The second-order valence-electron chi connectivity index (χ2n) is 4.24. The SMILES string of the molecule is O=c1ncccn1CCOc1ccc(C#CCCO)cc1. The van der Waals surface area contributed by atoms with Crippen molar-refractivity contribution >= 4 is 0 Å². The summed E-state index contributed by atoms with van der Waals surface area (Å²) in [6.07, 6.45) is 3.62. The third-order valence-corrected chi connectivity index (χ3v) is 2.71. The normalized spacial score (nSPS) is 9.76. The summed E-state index contributed by atoms with van der Waals surface area (Å²) in [5.41, 5.74) is 0.592. The summed E-state index contributed by atoms with van der Waals surface area (Å²) < 4.78 is 7.06. The van der Waals surface area contributed by atoms with E-state index < -0.39 is 0 Å². The van der Waals surface area contributed by atoms with Crippen LogP contribution in [0.4, 0.5) is 0 Å². The second-order valence-corrected chi connectivity index (χ2v) is 4.24. The Balaban J connectivity index is 1.86. The first-order chi connectivity index (χ1) is 10.3. The minimum Gasteiger partial charge on any atom is -0.492 e. The molecule has 2 rings (SSSR count). The molecule has 5 nitrogen and oxygen atoms in total. The Labute approximate surface area is 122 Å². The van der Waals surface area contributed by atoms with Crippen LogP contribution >= 0.6 is 0 Å². The molecule has 0 bridgehead atoms. The van der Waals surface area contributed by atoms with Gasteiger partial charge in [-0.05, 0) is 30.3 Å². The van der Waals surface area contributed by atoms with Crippen LogP contribution in [0.15, 0.2) is 47.5 Å². The van der Waals surface area contributed by atoms with Crippen molar-refractivity contribution in [2.75, 3.05) is 13.2 Å². The summed E-state index contributed by atoms with van der Waals surface area (Å²) in [7, 11) is 0. The minimum absolute atomic E-state index is 0.0713. The van der Waals surface area contributed by atoms with E-state index in [9.17, 15) is 4.79 Å². The van der Waals surface area contributed by atoms with Crippen molar-refractivity contribution in [2.45, 2.75) is 13.0 Å². The standard InChI is InChI=1S/C16H16N2O3/c19-12-2-1-4-14-5-7-15(8-6-14)21-13-11-18-10-3-9-17-16(18)20/h3,5-10,19H,2,11-13H2. The molecule has 0 aliphatic heterocycles. The molecule has 0 radical (unpaired) electrons. The molecule has 0 aliphatic carbocycles. The van der Waals surface area contributed by atoms with Gasteiger partial charge in [-0.2, -0.15) is 0 Å². The summed E-state index contributed by atoms with van der Waals surface area (Å²) >= 11 is 0. The molecule has 5 heteroatoms. The number of aliphatic hydroxyl groups excluding tert-OH is 1. The first kappa shape index (κ1) is 14.8. The van der Waals surface area contributed by atoms with E-state index in [1.807, 2.05) is 24.3 Å². The van der Waals surface area contributed by atoms with Crippen LogP contribution in [0.3, 0.4) is 0 Å². The van der Waals surface area contributed by atoms with Crippen LogP contribution < -0.4 is 10.4 Å². The molecular formula is C16H16N2O3. The number of hydrogen-bond donors (Lipinski definition) is 1. The van der Waals surface area contributed by atoms with Gasteiger partial charge in [0.05, 0.1) is 13.2 Å². The molecule has 0 saturated heterocycles. The van der Waals surface area contributed by atoms with Crippen molar-refractivity contribution in [2.24, 2.45) is 0 Å². The molecule has 1 heterocycles. The molecular weight excluding hydrogens is 268 g/mol. The van der Waals surface area contributed by atoms with Crippen LogP contribution in [0, 0.1) is 11.8 Å². The van der Waals surface area contributed by atoms with Gasteiger partial charge in [0.25, 0.3) is 0 Å². The number of benzene rings is 1. The van der Waals surface area contributed by atoms with Gasteiger partial charge in [-0.3, -0.25) is 4.57 Å². The number of aromatic nitrogens is 2. The Kier molecular flexibility index (Phi) is 5.56. The number of aliphatic hydroxyl groups is 1. The van der Waals surface area contributed by atoms with Crippen LogP contribution in [0.2, 0.25) is 0 Å². The number of rotatable bonds is 5. The quantitative estimate of drug-likeness (QED) is 0.834. The zero-order valence-corrected chi connectivity index (χ0v) is 11.5. The Morgan fingerprint density at radius 1 is 1.29 bits per heavy atom. The van der Waals surface area contributed by atoms with E-state index in [4.69, 9.17) is 9.84 Å². The van der Waals surface area contributed by atoms with E-state index in [1.165, 1.54) is 10.8 Å². The third-order valence-electron chi connectivity index (χ3n) is 2.71. The number of hydrogen-bond acceptors (Lipinski definition) is 4. The Bertz CT molecular complexity index is 681. The maximum Gasteiger partial charge on any atom is 0.347 e. The molecule has 2 aromatic rings. The van der Waals surface area contributed by atoms with Crippen LogP contribution in [-0.4, -0.2) is 27.9 Å². The highest BCUT2D eigenvalue weighted by Gasteiger charge is 1.97. The van der Waals surface area contributed by atoms with Gasteiger partial charge in [0.1, 0.15) is 12.4 Å². The monoisotopic (exact) mass is 284 g/mol. The summed E-state index contributed by atoms with van der Waals surface area (Å²) in [4.78, 5) is 15.1. The maximum absolute atomic E-state index is 11.4. The van der Waals surface area contributed by atoms with E-state index >= 15 is 0 Å². The molecule has 0 fully saturated rings. The fraction of sp³-hybridized carbons (Fsp3) is 0.250. The number of ether oxygens (including phenoxy) is 1. The molecule has 21 heavy (non-hydrogen) atoms. The van der Waals surface area contributed by atoms with Crippen LogP contribution in [0.25, 0.3) is 0 Å². The minimum atomic E-state index is -0.282. The van der Waals surface area contributed by atoms with E-state index in [0.717, 1.165) is 11.3 Å². The first-order valence-corrected chi connectivity index (χ1v) is 6.63. The van der Waals surface area contributed by atoms with Crippen molar-refractivity contribution in [1.82, 2.24) is 9.55 Å². The zero-order valence-electron chi connectivity index (χ0n) is 11.5.